The summed E-state index contributed by atoms with van der Waals surface area (Å²) in [5.74, 6) is 0.979. The molecule has 0 saturated carbocycles. The van der Waals surface area contributed by atoms with Crippen molar-refractivity contribution in [1.29, 1.82) is 0 Å². The zero-order chi connectivity index (χ0) is 11.0. The Balaban J connectivity index is 1.92. The molecule has 1 N–H and O–H groups in total. The normalized spacial score (nSPS) is 20.2. The number of hydrogen-bond donors (Lipinski definition) is 1. The van der Waals surface area contributed by atoms with Gasteiger partial charge in [0.15, 0.2) is 0 Å². The summed E-state index contributed by atoms with van der Waals surface area (Å²) in [4.78, 5) is 2.55. The monoisotopic (exact) mass is 218 g/mol. The molecule has 3 nitrogen and oxygen atoms in total. The van der Waals surface area contributed by atoms with Crippen LogP contribution < -0.4 is 15.0 Å². The van der Waals surface area contributed by atoms with Crippen molar-refractivity contribution in [3.8, 4) is 5.75 Å². The molecule has 0 amide bonds. The van der Waals surface area contributed by atoms with E-state index < -0.39 is 0 Å². The Bertz CT molecular complexity index is 388. The maximum absolute atomic E-state index is 5.29. The average Bonchev–Trinajstić information content (AvgIpc) is 2.26. The molecule has 1 saturated heterocycles. The highest BCUT2D eigenvalue weighted by atomic mass is 16.5. The van der Waals surface area contributed by atoms with E-state index in [1.807, 2.05) is 0 Å². The van der Waals surface area contributed by atoms with Crippen LogP contribution in [0.3, 0.4) is 0 Å². The predicted molar refractivity (Wildman–Crippen MR) is 65.3 cm³/mol. The maximum atomic E-state index is 5.29. The van der Waals surface area contributed by atoms with Crippen LogP contribution in [-0.4, -0.2) is 32.8 Å². The van der Waals surface area contributed by atoms with Crippen LogP contribution in [0.5, 0.6) is 5.75 Å². The van der Waals surface area contributed by atoms with Crippen LogP contribution in [0.1, 0.15) is 12.0 Å². The van der Waals surface area contributed by atoms with Gasteiger partial charge in [0.2, 0.25) is 0 Å². The van der Waals surface area contributed by atoms with Crippen molar-refractivity contribution in [3.63, 3.8) is 0 Å². The molecule has 2 heterocycles. The number of hydrogen-bond acceptors (Lipinski definition) is 3. The summed E-state index contributed by atoms with van der Waals surface area (Å²) in [7, 11) is 1.73. The second kappa shape index (κ2) is 3.98. The van der Waals surface area contributed by atoms with Gasteiger partial charge in [0.25, 0.3) is 0 Å². The molecule has 0 unspecified atom stereocenters. The van der Waals surface area contributed by atoms with E-state index in [0.29, 0.717) is 6.04 Å². The third kappa shape index (κ3) is 1.55. The first-order chi connectivity index (χ1) is 7.88. The molecule has 2 aliphatic rings. The number of ether oxygens (including phenoxy) is 1. The average molecular weight is 218 g/mol. The Kier molecular flexibility index (Phi) is 2.48. The van der Waals surface area contributed by atoms with Crippen LogP contribution in [0.15, 0.2) is 18.2 Å². The van der Waals surface area contributed by atoms with E-state index in [2.05, 4.69) is 28.4 Å². The second-order valence-corrected chi connectivity index (χ2v) is 4.60. The molecule has 1 aromatic rings. The maximum Gasteiger partial charge on any atom is 0.119 e. The lowest BCUT2D eigenvalue weighted by Crippen LogP contribution is -2.58. The highest BCUT2D eigenvalue weighted by molar-refractivity contribution is 5.59. The molecular weight excluding hydrogens is 200 g/mol. The zero-order valence-electron chi connectivity index (χ0n) is 9.70. The summed E-state index contributed by atoms with van der Waals surface area (Å²) in [5, 5.41) is 3.35. The van der Waals surface area contributed by atoms with Gasteiger partial charge in [-0.3, -0.25) is 0 Å². The van der Waals surface area contributed by atoms with E-state index in [1.165, 1.54) is 30.6 Å². The van der Waals surface area contributed by atoms with Gasteiger partial charge in [0.05, 0.1) is 13.2 Å². The molecule has 1 fully saturated rings. The lowest BCUT2D eigenvalue weighted by Gasteiger charge is -2.43. The molecule has 3 heteroatoms. The highest BCUT2D eigenvalue weighted by Gasteiger charge is 2.28. The minimum absolute atomic E-state index is 0.701. The summed E-state index contributed by atoms with van der Waals surface area (Å²) in [6, 6.07) is 7.18. The van der Waals surface area contributed by atoms with Crippen molar-refractivity contribution in [1.82, 2.24) is 5.32 Å². The van der Waals surface area contributed by atoms with E-state index >= 15 is 0 Å². The van der Waals surface area contributed by atoms with E-state index in [-0.39, 0.29) is 0 Å². The first kappa shape index (κ1) is 9.97. The second-order valence-electron chi connectivity index (χ2n) is 4.60. The van der Waals surface area contributed by atoms with Gasteiger partial charge in [-0.05, 0) is 36.6 Å². The third-order valence-electron chi connectivity index (χ3n) is 3.64. The smallest absolute Gasteiger partial charge is 0.119 e. The first-order valence-electron chi connectivity index (χ1n) is 6.03. The van der Waals surface area contributed by atoms with Crippen LogP contribution in [0, 0.1) is 0 Å². The topological polar surface area (TPSA) is 24.5 Å². The van der Waals surface area contributed by atoms with Crippen molar-refractivity contribution in [2.75, 3.05) is 31.6 Å². The Morgan fingerprint density at radius 1 is 1.38 bits per heavy atom. The highest BCUT2D eigenvalue weighted by Crippen LogP contribution is 2.32. The molecule has 0 radical (unpaired) electrons. The summed E-state index contributed by atoms with van der Waals surface area (Å²) < 4.78 is 5.29. The van der Waals surface area contributed by atoms with E-state index in [0.717, 1.165) is 18.8 Å². The third-order valence-corrected chi connectivity index (χ3v) is 3.64. The van der Waals surface area contributed by atoms with Crippen LogP contribution in [-0.2, 0) is 6.42 Å². The van der Waals surface area contributed by atoms with E-state index in [1.54, 1.807) is 7.11 Å². The first-order valence-corrected chi connectivity index (χ1v) is 6.03. The van der Waals surface area contributed by atoms with Crippen LogP contribution in [0.4, 0.5) is 5.69 Å². The molecule has 0 aliphatic carbocycles. The molecule has 86 valence electrons. The van der Waals surface area contributed by atoms with E-state index in [4.69, 9.17) is 4.74 Å². The van der Waals surface area contributed by atoms with Gasteiger partial charge in [-0.25, -0.2) is 0 Å². The number of benzene rings is 1. The van der Waals surface area contributed by atoms with Crippen molar-refractivity contribution < 1.29 is 4.74 Å². The van der Waals surface area contributed by atoms with Gasteiger partial charge in [-0.15, -0.1) is 0 Å². The van der Waals surface area contributed by atoms with Crippen molar-refractivity contribution in [2.24, 2.45) is 0 Å². The molecule has 2 aliphatic heterocycles. The van der Waals surface area contributed by atoms with Gasteiger partial charge in [0.1, 0.15) is 5.75 Å². The number of methoxy groups -OCH3 is 1. The number of rotatable bonds is 2. The fourth-order valence-electron chi connectivity index (χ4n) is 2.60. The van der Waals surface area contributed by atoms with Gasteiger partial charge >= 0.3 is 0 Å². The lowest BCUT2D eigenvalue weighted by molar-refractivity contribution is 0.402. The molecule has 3 rings (SSSR count). The summed E-state index contributed by atoms with van der Waals surface area (Å²) >= 11 is 0. The molecule has 1 aromatic carbocycles. The van der Waals surface area contributed by atoms with Crippen LogP contribution in [0.2, 0.25) is 0 Å². The fraction of sp³-hybridized carbons (Fsp3) is 0.538. The minimum Gasteiger partial charge on any atom is -0.497 e. The molecule has 0 bridgehead atoms. The molecule has 16 heavy (non-hydrogen) atoms. The fourth-order valence-corrected chi connectivity index (χ4v) is 2.60. The largest absolute Gasteiger partial charge is 0.497 e. The van der Waals surface area contributed by atoms with Gasteiger partial charge < -0.3 is 15.0 Å². The van der Waals surface area contributed by atoms with Crippen molar-refractivity contribution in [3.05, 3.63) is 23.8 Å². The minimum atomic E-state index is 0.701. The number of fused-ring (bicyclic) bond motifs is 1. The van der Waals surface area contributed by atoms with Gasteiger partial charge in [0, 0.05) is 25.3 Å². The molecular formula is C13H18N2O. The van der Waals surface area contributed by atoms with Crippen molar-refractivity contribution >= 4 is 5.69 Å². The number of aryl methyl sites for hydroxylation is 1. The Morgan fingerprint density at radius 2 is 2.25 bits per heavy atom. The van der Waals surface area contributed by atoms with E-state index in [9.17, 15) is 0 Å². The standard InChI is InChI=1S/C13H18N2O/c1-16-12-4-5-13-10(7-12)3-2-6-15(13)11-8-14-9-11/h4-5,7,11,14H,2-3,6,8-9H2,1H3. The van der Waals surface area contributed by atoms with Crippen LogP contribution in [0.25, 0.3) is 0 Å². The summed E-state index contributed by atoms with van der Waals surface area (Å²) in [5.41, 5.74) is 2.86. The number of nitrogens with one attached hydrogen (secondary N) is 1. The molecule has 0 aromatic heterocycles. The van der Waals surface area contributed by atoms with Gasteiger partial charge in [-0.1, -0.05) is 0 Å². The Labute approximate surface area is 96.4 Å². The number of anilines is 1. The quantitative estimate of drug-likeness (QED) is 0.812. The molecule has 0 spiro atoms. The predicted octanol–water partition coefficient (Wildman–Crippen LogP) is 1.42. The molecule has 0 atom stereocenters. The number of nitrogens with zero attached hydrogens (tertiary/aromatic N) is 1. The SMILES string of the molecule is COc1ccc2c(c1)CCCN2C1CNC1. The lowest BCUT2D eigenvalue weighted by atomic mass is 9.98. The zero-order valence-corrected chi connectivity index (χ0v) is 9.70. The van der Waals surface area contributed by atoms with Crippen LogP contribution >= 0.6 is 0 Å². The Morgan fingerprint density at radius 3 is 2.94 bits per heavy atom. The summed E-state index contributed by atoms with van der Waals surface area (Å²) in [6.07, 6.45) is 2.44. The van der Waals surface area contributed by atoms with Crippen molar-refractivity contribution in [2.45, 2.75) is 18.9 Å². The Hall–Kier alpha value is -1.22. The summed E-state index contributed by atoms with van der Waals surface area (Å²) in [6.45, 7) is 3.46. The van der Waals surface area contributed by atoms with Gasteiger partial charge in [-0.2, -0.15) is 0 Å².